The third-order valence-electron chi connectivity index (χ3n) is 7.23. The zero-order chi connectivity index (χ0) is 34.9. The standard InChI is InChI=1S/C33H46Cl2N6O6/c1-21(2)17-28(33(46)47)40-32(45)27(19-23-7-5-4-6-8-23)39-29(42)20-37-30(43)22(3)38-31(44)26(36)18-24-9-11-25(12-10-24)41(15-13-34)16-14-35/h4-12,21-22,26-28H,13-20,36H2,1-3H3,(H,37,43)(H,38,44)(H,39,42)(H,40,45)(H,46,47)/t22-,26+,27+,28+/m1/s1. The van der Waals surface area contributed by atoms with Gasteiger partial charge in [0, 0.05) is 37.0 Å². The van der Waals surface area contributed by atoms with Gasteiger partial charge in [-0.1, -0.05) is 56.3 Å². The molecule has 14 heteroatoms. The Balaban J connectivity index is 1.93. The van der Waals surface area contributed by atoms with Crippen LogP contribution in [0.2, 0.25) is 0 Å². The summed E-state index contributed by atoms with van der Waals surface area (Å²) in [6.45, 7) is 5.95. The molecular formula is C33H46Cl2N6O6. The molecule has 0 aliphatic rings. The molecule has 2 aromatic carbocycles. The second-order valence-electron chi connectivity index (χ2n) is 11.6. The highest BCUT2D eigenvalue weighted by molar-refractivity contribution is 6.18. The number of carbonyl (C=O) groups is 5. The van der Waals surface area contributed by atoms with Gasteiger partial charge in [0.15, 0.2) is 0 Å². The van der Waals surface area contributed by atoms with Crippen molar-refractivity contribution >= 4 is 58.5 Å². The Morgan fingerprint density at radius 2 is 1.36 bits per heavy atom. The maximum absolute atomic E-state index is 13.1. The molecule has 0 unspecified atom stereocenters. The Morgan fingerprint density at radius 3 is 1.91 bits per heavy atom. The fourth-order valence-corrected chi connectivity index (χ4v) is 5.15. The second kappa shape index (κ2) is 20.4. The minimum atomic E-state index is -1.18. The van der Waals surface area contributed by atoms with E-state index >= 15 is 0 Å². The Labute approximate surface area is 286 Å². The molecule has 4 amide bonds. The summed E-state index contributed by atoms with van der Waals surface area (Å²) in [5, 5.41) is 19.7. The van der Waals surface area contributed by atoms with Crippen LogP contribution in [0.1, 0.15) is 38.3 Å². The van der Waals surface area contributed by atoms with Gasteiger partial charge in [0.1, 0.15) is 18.1 Å². The number of carboxylic acid groups (broad SMARTS) is 1. The summed E-state index contributed by atoms with van der Waals surface area (Å²) in [6, 6.07) is 12.3. The number of halogens is 2. The molecule has 0 heterocycles. The lowest BCUT2D eigenvalue weighted by Gasteiger charge is -2.23. The molecule has 0 aliphatic heterocycles. The van der Waals surface area contributed by atoms with E-state index in [1.165, 1.54) is 6.92 Å². The van der Waals surface area contributed by atoms with Crippen molar-refractivity contribution in [3.8, 4) is 0 Å². The van der Waals surface area contributed by atoms with Gasteiger partial charge in [0.2, 0.25) is 23.6 Å². The number of nitrogens with one attached hydrogen (secondary N) is 4. The quantitative estimate of drug-likeness (QED) is 0.114. The molecule has 12 nitrogen and oxygen atoms in total. The van der Waals surface area contributed by atoms with Crippen LogP contribution in [-0.2, 0) is 36.8 Å². The van der Waals surface area contributed by atoms with E-state index < -0.39 is 60.3 Å². The van der Waals surface area contributed by atoms with E-state index in [1.807, 2.05) is 44.2 Å². The predicted molar refractivity (Wildman–Crippen MR) is 183 cm³/mol. The third kappa shape index (κ3) is 14.2. The van der Waals surface area contributed by atoms with Crippen molar-refractivity contribution in [3.63, 3.8) is 0 Å². The van der Waals surface area contributed by atoms with Gasteiger partial charge >= 0.3 is 5.97 Å². The second-order valence-corrected chi connectivity index (χ2v) is 12.4. The summed E-state index contributed by atoms with van der Waals surface area (Å²) in [6.07, 6.45) is 0.552. The molecule has 0 aromatic heterocycles. The van der Waals surface area contributed by atoms with Gasteiger partial charge in [-0.05, 0) is 48.9 Å². The zero-order valence-corrected chi connectivity index (χ0v) is 28.5. The number of nitrogens with two attached hydrogens (primary N) is 1. The lowest BCUT2D eigenvalue weighted by Crippen LogP contribution is -2.55. The van der Waals surface area contributed by atoms with Crippen LogP contribution >= 0.6 is 23.2 Å². The van der Waals surface area contributed by atoms with E-state index in [1.54, 1.807) is 24.3 Å². The number of carboxylic acids is 1. The topological polar surface area (TPSA) is 183 Å². The Kier molecular flexibility index (Phi) is 17.0. The van der Waals surface area contributed by atoms with Crippen LogP contribution in [-0.4, -0.2) is 90.3 Å². The number of amides is 4. The van der Waals surface area contributed by atoms with Gasteiger partial charge in [0.05, 0.1) is 12.6 Å². The molecule has 0 radical (unpaired) electrons. The minimum Gasteiger partial charge on any atom is -0.480 e. The Morgan fingerprint density at radius 1 is 0.766 bits per heavy atom. The number of rotatable bonds is 20. The number of hydrogen-bond acceptors (Lipinski definition) is 7. The van der Waals surface area contributed by atoms with Crippen LogP contribution in [0.4, 0.5) is 5.69 Å². The number of anilines is 1. The van der Waals surface area contributed by atoms with Crippen molar-refractivity contribution in [1.82, 2.24) is 21.3 Å². The van der Waals surface area contributed by atoms with Gasteiger partial charge in [-0.15, -0.1) is 23.2 Å². The third-order valence-corrected chi connectivity index (χ3v) is 7.57. The maximum atomic E-state index is 13.1. The Bertz CT molecular complexity index is 1310. The van der Waals surface area contributed by atoms with Gasteiger partial charge in [0.25, 0.3) is 0 Å². The predicted octanol–water partition coefficient (Wildman–Crippen LogP) is 1.80. The normalized spacial score (nSPS) is 13.5. The van der Waals surface area contributed by atoms with Gasteiger partial charge in [-0.2, -0.15) is 0 Å². The highest BCUT2D eigenvalue weighted by Crippen LogP contribution is 2.16. The first-order valence-corrected chi connectivity index (χ1v) is 16.6. The van der Waals surface area contributed by atoms with E-state index in [4.69, 9.17) is 28.9 Å². The average molecular weight is 694 g/mol. The number of benzene rings is 2. The smallest absolute Gasteiger partial charge is 0.326 e. The van der Waals surface area contributed by atoms with E-state index in [-0.39, 0.29) is 25.2 Å². The van der Waals surface area contributed by atoms with E-state index in [2.05, 4.69) is 26.2 Å². The Hall–Kier alpha value is -3.87. The largest absolute Gasteiger partial charge is 0.480 e. The number of alkyl halides is 2. The fourth-order valence-electron chi connectivity index (χ4n) is 4.74. The van der Waals surface area contributed by atoms with Crippen molar-refractivity contribution in [2.24, 2.45) is 11.7 Å². The maximum Gasteiger partial charge on any atom is 0.326 e. The number of hydrogen-bond donors (Lipinski definition) is 6. The highest BCUT2D eigenvalue weighted by Gasteiger charge is 2.28. The molecule has 2 rings (SSSR count). The number of nitrogens with zero attached hydrogens (tertiary/aromatic N) is 1. The van der Waals surface area contributed by atoms with E-state index in [9.17, 15) is 29.1 Å². The summed E-state index contributed by atoms with van der Waals surface area (Å²) in [5.41, 5.74) is 8.64. The van der Waals surface area contributed by atoms with Crippen molar-refractivity contribution in [2.75, 3.05) is 36.3 Å². The molecule has 2 aromatic rings. The summed E-state index contributed by atoms with van der Waals surface area (Å²) in [7, 11) is 0. The van der Waals surface area contributed by atoms with Crippen LogP contribution in [0, 0.1) is 5.92 Å². The summed E-state index contributed by atoms with van der Waals surface area (Å²) in [5.74, 6) is -2.74. The molecule has 258 valence electrons. The molecule has 0 saturated heterocycles. The van der Waals surface area contributed by atoms with E-state index in [0.29, 0.717) is 24.8 Å². The lowest BCUT2D eigenvalue weighted by atomic mass is 10.0. The van der Waals surface area contributed by atoms with Gasteiger partial charge in [-0.3, -0.25) is 19.2 Å². The first kappa shape index (κ1) is 39.3. The molecule has 0 saturated carbocycles. The monoisotopic (exact) mass is 692 g/mol. The summed E-state index contributed by atoms with van der Waals surface area (Å²) >= 11 is 11.8. The van der Waals surface area contributed by atoms with E-state index in [0.717, 1.165) is 16.8 Å². The van der Waals surface area contributed by atoms with Crippen LogP contribution in [0.5, 0.6) is 0 Å². The lowest BCUT2D eigenvalue weighted by molar-refractivity contribution is -0.142. The van der Waals surface area contributed by atoms with Gasteiger partial charge in [-0.25, -0.2) is 4.79 Å². The van der Waals surface area contributed by atoms with Crippen molar-refractivity contribution < 1.29 is 29.1 Å². The minimum absolute atomic E-state index is 0.0107. The molecule has 0 bridgehead atoms. The average Bonchev–Trinajstić information content (AvgIpc) is 3.03. The van der Waals surface area contributed by atoms with Crippen molar-refractivity contribution in [2.45, 2.75) is 64.2 Å². The molecule has 47 heavy (non-hydrogen) atoms. The highest BCUT2D eigenvalue weighted by atomic mass is 35.5. The number of aliphatic carboxylic acids is 1. The molecular weight excluding hydrogens is 647 g/mol. The van der Waals surface area contributed by atoms with Crippen molar-refractivity contribution in [3.05, 3.63) is 65.7 Å². The van der Waals surface area contributed by atoms with Crippen molar-refractivity contribution in [1.29, 1.82) is 0 Å². The molecule has 0 aliphatic carbocycles. The zero-order valence-electron chi connectivity index (χ0n) is 27.0. The fraction of sp³-hybridized carbons (Fsp3) is 0.485. The first-order chi connectivity index (χ1) is 22.3. The van der Waals surface area contributed by atoms with Crippen LogP contribution in [0.3, 0.4) is 0 Å². The molecule has 0 spiro atoms. The molecule has 0 fully saturated rings. The number of carbonyl (C=O) groups excluding carboxylic acids is 4. The molecule has 4 atom stereocenters. The SMILES string of the molecule is CC(C)C[C@H](NC(=O)[C@H](Cc1ccccc1)NC(=O)CNC(=O)[C@@H](C)NC(=O)[C@@H](N)Cc1ccc(N(CCCl)CCCl)cc1)C(=O)O. The van der Waals surface area contributed by atoms with Crippen LogP contribution < -0.4 is 31.9 Å². The van der Waals surface area contributed by atoms with Crippen LogP contribution in [0.25, 0.3) is 0 Å². The molecule has 7 N–H and O–H groups in total. The summed E-state index contributed by atoms with van der Waals surface area (Å²) < 4.78 is 0. The first-order valence-electron chi connectivity index (χ1n) is 15.5. The van der Waals surface area contributed by atoms with Crippen LogP contribution in [0.15, 0.2) is 54.6 Å². The summed E-state index contributed by atoms with van der Waals surface area (Å²) in [4.78, 5) is 65.1. The van der Waals surface area contributed by atoms with Gasteiger partial charge < -0.3 is 37.0 Å².